The predicted octanol–water partition coefficient (Wildman–Crippen LogP) is 2.33. The quantitative estimate of drug-likeness (QED) is 0.917. The first-order valence-corrected chi connectivity index (χ1v) is 7.05. The van der Waals surface area contributed by atoms with E-state index < -0.39 is 11.5 Å². The molecular weight excluding hydrogens is 254 g/mol. The third-order valence-electron chi connectivity index (χ3n) is 4.05. The molecule has 0 saturated carbocycles. The molecule has 1 aliphatic heterocycles. The average molecular weight is 277 g/mol. The fraction of sp³-hybridized carbons (Fsp3) is 0.562. The summed E-state index contributed by atoms with van der Waals surface area (Å²) in [7, 11) is 0. The van der Waals surface area contributed by atoms with E-state index in [1.807, 2.05) is 6.92 Å². The van der Waals surface area contributed by atoms with Crippen molar-refractivity contribution in [3.63, 3.8) is 0 Å². The van der Waals surface area contributed by atoms with E-state index in [2.05, 4.69) is 36.9 Å². The van der Waals surface area contributed by atoms with Gasteiger partial charge in [-0.25, -0.2) is 0 Å². The van der Waals surface area contributed by atoms with Crippen molar-refractivity contribution in [3.05, 3.63) is 34.9 Å². The average Bonchev–Trinajstić information content (AvgIpc) is 2.37. The lowest BCUT2D eigenvalue weighted by atomic mass is 9.84. The van der Waals surface area contributed by atoms with Crippen molar-refractivity contribution in [3.8, 4) is 0 Å². The normalized spacial score (nSPS) is 19.6. The molecule has 1 unspecified atom stereocenters. The Morgan fingerprint density at radius 1 is 1.25 bits per heavy atom. The molecule has 0 radical (unpaired) electrons. The lowest BCUT2D eigenvalue weighted by Gasteiger charge is -2.43. The summed E-state index contributed by atoms with van der Waals surface area (Å²) in [6, 6.07) is 6.32. The number of hydrogen-bond donors (Lipinski definition) is 1. The lowest BCUT2D eigenvalue weighted by Crippen LogP contribution is -2.50. The number of benzene rings is 1. The van der Waals surface area contributed by atoms with Gasteiger partial charge in [-0.05, 0) is 26.3 Å². The zero-order valence-corrected chi connectivity index (χ0v) is 12.5. The van der Waals surface area contributed by atoms with Crippen molar-refractivity contribution in [1.82, 2.24) is 4.90 Å². The molecule has 1 saturated heterocycles. The summed E-state index contributed by atoms with van der Waals surface area (Å²) in [5, 5.41) is 9.32. The van der Waals surface area contributed by atoms with Gasteiger partial charge >= 0.3 is 5.97 Å². The first kappa shape index (κ1) is 15.0. The second-order valence-electron chi connectivity index (χ2n) is 5.82. The van der Waals surface area contributed by atoms with Crippen LogP contribution in [-0.2, 0) is 15.1 Å². The summed E-state index contributed by atoms with van der Waals surface area (Å²) in [6.07, 6.45) is 0.107. The molecule has 1 aliphatic rings. The molecule has 0 amide bonds. The topological polar surface area (TPSA) is 49.8 Å². The van der Waals surface area contributed by atoms with E-state index in [1.165, 1.54) is 11.1 Å². The van der Waals surface area contributed by atoms with Crippen LogP contribution < -0.4 is 0 Å². The Morgan fingerprint density at radius 2 is 1.80 bits per heavy atom. The van der Waals surface area contributed by atoms with Gasteiger partial charge in [0.15, 0.2) is 0 Å². The molecule has 1 N–H and O–H groups in total. The molecular formula is C16H23NO3. The molecule has 0 aromatic heterocycles. The second-order valence-corrected chi connectivity index (χ2v) is 5.82. The molecule has 1 fully saturated rings. The number of morpholine rings is 1. The minimum absolute atomic E-state index is 0.107. The van der Waals surface area contributed by atoms with Gasteiger partial charge in [0.25, 0.3) is 0 Å². The first-order chi connectivity index (χ1) is 9.41. The van der Waals surface area contributed by atoms with Gasteiger partial charge in [-0.2, -0.15) is 0 Å². The minimum Gasteiger partial charge on any atom is -0.481 e. The van der Waals surface area contributed by atoms with Crippen molar-refractivity contribution in [2.45, 2.75) is 32.7 Å². The Morgan fingerprint density at radius 3 is 2.30 bits per heavy atom. The fourth-order valence-corrected chi connectivity index (χ4v) is 3.03. The third kappa shape index (κ3) is 3.19. The molecule has 20 heavy (non-hydrogen) atoms. The first-order valence-electron chi connectivity index (χ1n) is 7.05. The van der Waals surface area contributed by atoms with Crippen LogP contribution in [0.1, 0.15) is 30.0 Å². The Bertz CT molecular complexity index is 474. The Labute approximate surface area is 120 Å². The van der Waals surface area contributed by atoms with Crippen molar-refractivity contribution in [2.24, 2.45) is 0 Å². The Hall–Kier alpha value is -1.39. The molecule has 2 rings (SSSR count). The van der Waals surface area contributed by atoms with Crippen LogP contribution in [0.5, 0.6) is 0 Å². The van der Waals surface area contributed by atoms with E-state index in [4.69, 9.17) is 4.74 Å². The van der Waals surface area contributed by atoms with Crippen LogP contribution in [0.3, 0.4) is 0 Å². The number of carboxylic acid groups (broad SMARTS) is 1. The molecule has 4 nitrogen and oxygen atoms in total. The van der Waals surface area contributed by atoms with Gasteiger partial charge < -0.3 is 9.84 Å². The molecule has 1 aromatic rings. The van der Waals surface area contributed by atoms with Crippen LogP contribution in [0.2, 0.25) is 0 Å². The zero-order chi connectivity index (χ0) is 14.8. The van der Waals surface area contributed by atoms with Gasteiger partial charge in [0.1, 0.15) is 0 Å². The number of ether oxygens (including phenoxy) is 1. The van der Waals surface area contributed by atoms with Crippen molar-refractivity contribution in [1.29, 1.82) is 0 Å². The summed E-state index contributed by atoms with van der Waals surface area (Å²) < 4.78 is 5.39. The zero-order valence-electron chi connectivity index (χ0n) is 12.5. The highest BCUT2D eigenvalue weighted by atomic mass is 16.5. The monoisotopic (exact) mass is 277 g/mol. The van der Waals surface area contributed by atoms with Gasteiger partial charge in [0.05, 0.1) is 25.2 Å². The molecule has 0 aliphatic carbocycles. The maximum absolute atomic E-state index is 11.3. The Balaban J connectivity index is 2.41. The highest BCUT2D eigenvalue weighted by Crippen LogP contribution is 2.33. The van der Waals surface area contributed by atoms with Crippen LogP contribution in [0.15, 0.2) is 18.2 Å². The van der Waals surface area contributed by atoms with E-state index >= 15 is 0 Å². The summed E-state index contributed by atoms with van der Waals surface area (Å²) in [4.78, 5) is 13.6. The number of carbonyl (C=O) groups is 1. The highest BCUT2D eigenvalue weighted by Gasteiger charge is 2.37. The summed E-state index contributed by atoms with van der Waals surface area (Å²) in [6.45, 7) is 9.02. The standard InChI is InChI=1S/C16H23NO3/c1-12-8-13(2)10-14(9-12)16(3,11-15(18)19)17-4-6-20-7-5-17/h8-10H,4-7,11H2,1-3H3,(H,18,19). The van der Waals surface area contributed by atoms with Crippen LogP contribution in [0, 0.1) is 13.8 Å². The van der Waals surface area contributed by atoms with Gasteiger partial charge in [-0.1, -0.05) is 29.3 Å². The van der Waals surface area contributed by atoms with Gasteiger partial charge in [0, 0.05) is 13.1 Å². The molecule has 4 heteroatoms. The van der Waals surface area contributed by atoms with Crippen molar-refractivity contribution >= 4 is 5.97 Å². The number of aliphatic carboxylic acids is 1. The molecule has 0 bridgehead atoms. The lowest BCUT2D eigenvalue weighted by molar-refractivity contribution is -0.141. The smallest absolute Gasteiger partial charge is 0.305 e. The maximum atomic E-state index is 11.3. The van der Waals surface area contributed by atoms with Crippen molar-refractivity contribution < 1.29 is 14.6 Å². The second kappa shape index (κ2) is 5.94. The highest BCUT2D eigenvalue weighted by molar-refractivity contribution is 5.69. The molecule has 1 heterocycles. The van der Waals surface area contributed by atoms with Crippen LogP contribution in [0.25, 0.3) is 0 Å². The maximum Gasteiger partial charge on any atom is 0.305 e. The van der Waals surface area contributed by atoms with Gasteiger partial charge in [-0.15, -0.1) is 0 Å². The SMILES string of the molecule is Cc1cc(C)cc(C(C)(CC(=O)O)N2CCOCC2)c1. The van der Waals surface area contributed by atoms with E-state index in [0.717, 1.165) is 18.7 Å². The van der Waals surface area contributed by atoms with Crippen LogP contribution >= 0.6 is 0 Å². The summed E-state index contributed by atoms with van der Waals surface area (Å²) >= 11 is 0. The van der Waals surface area contributed by atoms with Crippen molar-refractivity contribution in [2.75, 3.05) is 26.3 Å². The summed E-state index contributed by atoms with van der Waals surface area (Å²) in [5.74, 6) is -0.766. The predicted molar refractivity (Wildman–Crippen MR) is 77.9 cm³/mol. The minimum atomic E-state index is -0.766. The van der Waals surface area contributed by atoms with Crippen LogP contribution in [0.4, 0.5) is 0 Å². The molecule has 1 atom stereocenters. The number of aryl methyl sites for hydroxylation is 2. The van der Waals surface area contributed by atoms with E-state index in [9.17, 15) is 9.90 Å². The van der Waals surface area contributed by atoms with Crippen LogP contribution in [-0.4, -0.2) is 42.3 Å². The van der Waals surface area contributed by atoms with E-state index in [1.54, 1.807) is 0 Å². The molecule has 0 spiro atoms. The third-order valence-corrected chi connectivity index (χ3v) is 4.05. The van der Waals surface area contributed by atoms with Gasteiger partial charge in [0.2, 0.25) is 0 Å². The number of rotatable bonds is 4. The largest absolute Gasteiger partial charge is 0.481 e. The number of nitrogens with zero attached hydrogens (tertiary/aromatic N) is 1. The number of carboxylic acids is 1. The van der Waals surface area contributed by atoms with Gasteiger partial charge in [-0.3, -0.25) is 9.69 Å². The molecule has 110 valence electrons. The molecule has 1 aromatic carbocycles. The van der Waals surface area contributed by atoms with E-state index in [0.29, 0.717) is 13.2 Å². The Kier molecular flexibility index (Phi) is 4.45. The summed E-state index contributed by atoms with van der Waals surface area (Å²) in [5.41, 5.74) is 2.95. The number of hydrogen-bond acceptors (Lipinski definition) is 3. The van der Waals surface area contributed by atoms with E-state index in [-0.39, 0.29) is 6.42 Å². The fourth-order valence-electron chi connectivity index (χ4n) is 3.03.